The van der Waals surface area contributed by atoms with Crippen LogP contribution in [-0.2, 0) is 14.8 Å². The van der Waals surface area contributed by atoms with Crippen molar-refractivity contribution in [3.05, 3.63) is 57.0 Å². The molecule has 0 spiro atoms. The minimum Gasteiger partial charge on any atom is -0.324 e. The molecule has 5 nitrogen and oxygen atoms in total. The molecule has 2 aromatic rings. The van der Waals surface area contributed by atoms with Crippen LogP contribution in [0, 0.1) is 0 Å². The Morgan fingerprint density at radius 3 is 2.31 bits per heavy atom. The maximum Gasteiger partial charge on any atom is 0.248 e. The van der Waals surface area contributed by atoms with Gasteiger partial charge in [-0.3, -0.25) is 9.10 Å². The molecule has 0 saturated heterocycles. The van der Waals surface area contributed by atoms with E-state index in [1.54, 1.807) is 49.4 Å². The average Bonchev–Trinajstić information content (AvgIpc) is 2.56. The van der Waals surface area contributed by atoms with Gasteiger partial charge < -0.3 is 5.32 Å². The number of amides is 1. The van der Waals surface area contributed by atoms with E-state index in [0.717, 1.165) is 10.6 Å². The summed E-state index contributed by atoms with van der Waals surface area (Å²) in [6, 6.07) is 10.3. The molecule has 0 bridgehead atoms. The van der Waals surface area contributed by atoms with E-state index >= 15 is 0 Å². The average molecular weight is 480 g/mol. The van der Waals surface area contributed by atoms with Crippen molar-refractivity contribution < 1.29 is 13.2 Å². The minimum atomic E-state index is -3.70. The van der Waals surface area contributed by atoms with Crippen LogP contribution in [0.3, 0.4) is 0 Å². The van der Waals surface area contributed by atoms with Crippen LogP contribution in [0.25, 0.3) is 0 Å². The fourth-order valence-corrected chi connectivity index (χ4v) is 4.21. The van der Waals surface area contributed by atoms with Crippen LogP contribution < -0.4 is 9.62 Å². The third kappa shape index (κ3) is 5.13. The van der Waals surface area contributed by atoms with Crippen molar-refractivity contribution in [3.8, 4) is 0 Å². The van der Waals surface area contributed by atoms with Gasteiger partial charge in [0.1, 0.15) is 6.04 Å². The lowest BCUT2D eigenvalue weighted by Crippen LogP contribution is -2.47. The Morgan fingerprint density at radius 2 is 1.81 bits per heavy atom. The fourth-order valence-electron chi connectivity index (χ4n) is 2.45. The molecule has 1 amide bonds. The number of hydrogen-bond acceptors (Lipinski definition) is 3. The number of halogens is 3. The summed E-state index contributed by atoms with van der Waals surface area (Å²) >= 11 is 15.2. The zero-order valence-electron chi connectivity index (χ0n) is 14.0. The van der Waals surface area contributed by atoms with E-state index in [1.165, 1.54) is 0 Å². The molecular formula is C17H17BrCl2N2O3S. The molecule has 26 heavy (non-hydrogen) atoms. The first-order chi connectivity index (χ1) is 12.1. The van der Waals surface area contributed by atoms with E-state index in [9.17, 15) is 13.2 Å². The molecule has 0 aromatic heterocycles. The zero-order valence-corrected chi connectivity index (χ0v) is 18.0. The maximum atomic E-state index is 12.8. The lowest BCUT2D eigenvalue weighted by atomic mass is 10.2. The van der Waals surface area contributed by atoms with Gasteiger partial charge in [0.05, 0.1) is 17.0 Å². The lowest BCUT2D eigenvalue weighted by Gasteiger charge is -2.30. The summed E-state index contributed by atoms with van der Waals surface area (Å²) in [5.74, 6) is -0.453. The molecule has 1 N–H and O–H groups in total. The summed E-state index contributed by atoms with van der Waals surface area (Å²) in [5.41, 5.74) is 0.846. The van der Waals surface area contributed by atoms with Gasteiger partial charge in [0.15, 0.2) is 0 Å². The topological polar surface area (TPSA) is 66.5 Å². The van der Waals surface area contributed by atoms with Gasteiger partial charge in [-0.15, -0.1) is 0 Å². The number of sulfonamides is 1. The highest BCUT2D eigenvalue weighted by atomic mass is 79.9. The molecule has 0 unspecified atom stereocenters. The molecule has 9 heteroatoms. The van der Waals surface area contributed by atoms with Gasteiger partial charge in [-0.2, -0.15) is 0 Å². The number of nitrogens with zero attached hydrogens (tertiary/aromatic N) is 1. The van der Waals surface area contributed by atoms with Crippen LogP contribution in [-0.4, -0.2) is 26.6 Å². The van der Waals surface area contributed by atoms with Crippen LogP contribution >= 0.6 is 39.1 Å². The number of nitrogens with one attached hydrogen (secondary N) is 1. The molecule has 2 aromatic carbocycles. The summed E-state index contributed by atoms with van der Waals surface area (Å²) in [5, 5.41) is 3.63. The molecule has 2 rings (SSSR count). The van der Waals surface area contributed by atoms with Crippen LogP contribution in [0.5, 0.6) is 0 Å². The second-order valence-corrected chi connectivity index (χ2v) is 9.13. The standard InChI is InChI=1S/C17H17BrCl2N2O3S/c1-3-16(17(23)21-12-6-9-14(18)15(20)10-12)22(26(2,24)25)13-7-4-11(19)5-8-13/h4-10,16H,3H2,1-2H3,(H,21,23)/t16-/m0/s1. The highest BCUT2D eigenvalue weighted by Gasteiger charge is 2.31. The second-order valence-electron chi connectivity index (χ2n) is 5.58. The zero-order chi connectivity index (χ0) is 19.5. The molecule has 0 aliphatic rings. The van der Waals surface area contributed by atoms with Crippen molar-refractivity contribution in [3.63, 3.8) is 0 Å². The molecule has 0 saturated carbocycles. The Balaban J connectivity index is 2.36. The van der Waals surface area contributed by atoms with Gasteiger partial charge in [0, 0.05) is 15.2 Å². The van der Waals surface area contributed by atoms with Crippen molar-refractivity contribution in [1.82, 2.24) is 0 Å². The molecular weight excluding hydrogens is 463 g/mol. The molecule has 0 fully saturated rings. The largest absolute Gasteiger partial charge is 0.324 e. The number of benzene rings is 2. The van der Waals surface area contributed by atoms with E-state index in [-0.39, 0.29) is 6.42 Å². The Hall–Kier alpha value is -1.28. The molecule has 1 atom stereocenters. The van der Waals surface area contributed by atoms with Crippen LogP contribution in [0.15, 0.2) is 46.9 Å². The second kappa shape index (κ2) is 8.61. The first-order valence-corrected chi connectivity index (χ1v) is 11.0. The Labute approximate surface area is 171 Å². The monoisotopic (exact) mass is 478 g/mol. The molecule has 0 radical (unpaired) electrons. The van der Waals surface area contributed by atoms with Crippen LogP contribution in [0.2, 0.25) is 10.0 Å². The summed E-state index contributed by atoms with van der Waals surface area (Å²) in [4.78, 5) is 12.8. The first-order valence-electron chi connectivity index (χ1n) is 7.64. The number of carbonyl (C=O) groups excluding carboxylic acids is 1. The Kier molecular flexibility index (Phi) is 6.96. The van der Waals surface area contributed by atoms with E-state index in [2.05, 4.69) is 21.2 Å². The van der Waals surface area contributed by atoms with Crippen molar-refractivity contribution in [1.29, 1.82) is 0 Å². The van der Waals surface area contributed by atoms with Crippen molar-refractivity contribution >= 4 is 66.4 Å². The van der Waals surface area contributed by atoms with Crippen molar-refractivity contribution in [2.75, 3.05) is 15.9 Å². The molecule has 0 aliphatic carbocycles. The Bertz CT molecular complexity index is 905. The summed E-state index contributed by atoms with van der Waals surface area (Å²) in [6.07, 6.45) is 1.35. The van der Waals surface area contributed by atoms with Gasteiger partial charge >= 0.3 is 0 Å². The number of hydrogen-bond donors (Lipinski definition) is 1. The summed E-state index contributed by atoms with van der Waals surface area (Å²) in [6.45, 7) is 1.74. The van der Waals surface area contributed by atoms with Crippen LogP contribution in [0.1, 0.15) is 13.3 Å². The van der Waals surface area contributed by atoms with Gasteiger partial charge in [-0.05, 0) is 64.8 Å². The normalized spacial score (nSPS) is 12.5. The molecule has 0 heterocycles. The maximum absolute atomic E-state index is 12.8. The van der Waals surface area contributed by atoms with Crippen molar-refractivity contribution in [2.24, 2.45) is 0 Å². The van der Waals surface area contributed by atoms with Gasteiger partial charge in [0.25, 0.3) is 0 Å². The summed E-state index contributed by atoms with van der Waals surface area (Å²) < 4.78 is 26.5. The van der Waals surface area contributed by atoms with Gasteiger partial charge in [-0.25, -0.2) is 8.42 Å². The fraction of sp³-hybridized carbons (Fsp3) is 0.235. The number of rotatable bonds is 6. The highest BCUT2D eigenvalue weighted by Crippen LogP contribution is 2.27. The highest BCUT2D eigenvalue weighted by molar-refractivity contribution is 9.10. The number of anilines is 2. The van der Waals surface area contributed by atoms with Gasteiger partial charge in [-0.1, -0.05) is 30.1 Å². The quantitative estimate of drug-likeness (QED) is 0.638. The smallest absolute Gasteiger partial charge is 0.248 e. The number of carbonyl (C=O) groups is 1. The molecule has 0 aliphatic heterocycles. The third-order valence-corrected chi connectivity index (χ3v) is 6.26. The Morgan fingerprint density at radius 1 is 1.19 bits per heavy atom. The predicted octanol–water partition coefficient (Wildman–Crippen LogP) is 4.94. The SMILES string of the molecule is CC[C@@H](C(=O)Nc1ccc(Br)c(Cl)c1)N(c1ccc(Cl)cc1)S(C)(=O)=O. The third-order valence-electron chi connectivity index (χ3n) is 3.60. The summed E-state index contributed by atoms with van der Waals surface area (Å²) in [7, 11) is -3.70. The van der Waals surface area contributed by atoms with E-state index in [1.807, 2.05) is 0 Å². The van der Waals surface area contributed by atoms with E-state index in [0.29, 0.717) is 25.9 Å². The first kappa shape index (κ1) is 21.0. The lowest BCUT2D eigenvalue weighted by molar-refractivity contribution is -0.117. The minimum absolute atomic E-state index is 0.284. The van der Waals surface area contributed by atoms with Gasteiger partial charge in [0.2, 0.25) is 15.9 Å². The van der Waals surface area contributed by atoms with Crippen LogP contribution in [0.4, 0.5) is 11.4 Å². The van der Waals surface area contributed by atoms with Crippen molar-refractivity contribution in [2.45, 2.75) is 19.4 Å². The predicted molar refractivity (Wildman–Crippen MR) is 111 cm³/mol. The molecule has 140 valence electrons. The van der Waals surface area contributed by atoms with E-state index < -0.39 is 22.0 Å². The van der Waals surface area contributed by atoms with E-state index in [4.69, 9.17) is 23.2 Å².